The number of piperazine rings is 1. The van der Waals surface area contributed by atoms with Crippen LogP contribution in [0.5, 0.6) is 0 Å². The maximum Gasteiger partial charge on any atom is 0.0995 e. The molecule has 5 nitrogen and oxygen atoms in total. The van der Waals surface area contributed by atoms with Crippen LogP contribution in [0.15, 0.2) is 42.5 Å². The molecule has 1 aliphatic rings. The summed E-state index contributed by atoms with van der Waals surface area (Å²) < 4.78 is 0. The number of nitriles is 1. The van der Waals surface area contributed by atoms with Crippen molar-refractivity contribution in [2.75, 3.05) is 70.2 Å². The molecule has 1 fully saturated rings. The molecule has 1 aliphatic heterocycles. The summed E-state index contributed by atoms with van der Waals surface area (Å²) in [6.45, 7) is 6.82. The normalized spacial score (nSPS) is 14.7. The van der Waals surface area contributed by atoms with Gasteiger partial charge in [-0.1, -0.05) is 11.6 Å². The van der Waals surface area contributed by atoms with E-state index in [1.165, 1.54) is 11.4 Å². The average molecular weight is 426 g/mol. The molecule has 0 radical (unpaired) electrons. The first-order valence-electron chi connectivity index (χ1n) is 10.6. The van der Waals surface area contributed by atoms with Crippen LogP contribution < -0.4 is 9.80 Å². The summed E-state index contributed by atoms with van der Waals surface area (Å²) in [5, 5.41) is 10.4. The van der Waals surface area contributed by atoms with Gasteiger partial charge in [-0.3, -0.25) is 4.90 Å². The highest BCUT2D eigenvalue weighted by atomic mass is 35.5. The molecular weight excluding hydrogens is 394 g/mol. The van der Waals surface area contributed by atoms with E-state index in [9.17, 15) is 5.26 Å². The van der Waals surface area contributed by atoms with E-state index in [-0.39, 0.29) is 0 Å². The zero-order valence-electron chi connectivity index (χ0n) is 18.3. The SMILES string of the molecule is CN(C)CCCN(C)c1ccc(C#N)c(CN2CCN(c3ccc(Cl)cc3)CC2)c1. The number of hydrogen-bond donors (Lipinski definition) is 0. The molecule has 0 saturated carbocycles. The Morgan fingerprint density at radius 2 is 1.67 bits per heavy atom. The molecule has 2 aromatic carbocycles. The first-order chi connectivity index (χ1) is 14.5. The first kappa shape index (κ1) is 22.4. The van der Waals surface area contributed by atoms with E-state index < -0.39 is 0 Å². The Balaban J connectivity index is 1.60. The molecule has 160 valence electrons. The van der Waals surface area contributed by atoms with E-state index in [2.05, 4.69) is 71.1 Å². The predicted octanol–water partition coefficient (Wildman–Crippen LogP) is 3.92. The second-order valence-corrected chi connectivity index (χ2v) is 8.71. The number of nitrogens with zero attached hydrogens (tertiary/aromatic N) is 5. The maximum atomic E-state index is 9.59. The molecule has 0 unspecified atom stereocenters. The Morgan fingerprint density at radius 3 is 2.30 bits per heavy atom. The summed E-state index contributed by atoms with van der Waals surface area (Å²) in [6, 6.07) is 16.7. The molecule has 0 aromatic heterocycles. The van der Waals surface area contributed by atoms with Gasteiger partial charge in [-0.2, -0.15) is 5.26 Å². The number of rotatable bonds is 8. The fraction of sp³-hybridized carbons (Fsp3) is 0.458. The maximum absolute atomic E-state index is 9.59. The highest BCUT2D eigenvalue weighted by Gasteiger charge is 2.19. The lowest BCUT2D eigenvalue weighted by atomic mass is 10.1. The van der Waals surface area contributed by atoms with Crippen LogP contribution in [0.4, 0.5) is 11.4 Å². The lowest BCUT2D eigenvalue weighted by Crippen LogP contribution is -2.46. The van der Waals surface area contributed by atoms with Crippen LogP contribution >= 0.6 is 11.6 Å². The van der Waals surface area contributed by atoms with Gasteiger partial charge >= 0.3 is 0 Å². The molecule has 1 heterocycles. The van der Waals surface area contributed by atoms with E-state index in [0.717, 1.165) is 68.4 Å². The lowest BCUT2D eigenvalue weighted by Gasteiger charge is -2.36. The molecule has 0 N–H and O–H groups in total. The number of benzene rings is 2. The van der Waals surface area contributed by atoms with Crippen molar-refractivity contribution in [2.24, 2.45) is 0 Å². The largest absolute Gasteiger partial charge is 0.375 e. The van der Waals surface area contributed by atoms with Crippen molar-refractivity contribution in [3.05, 3.63) is 58.6 Å². The average Bonchev–Trinajstić information content (AvgIpc) is 2.74. The minimum Gasteiger partial charge on any atom is -0.375 e. The van der Waals surface area contributed by atoms with Gasteiger partial charge in [0.2, 0.25) is 0 Å². The van der Waals surface area contributed by atoms with E-state index in [4.69, 9.17) is 11.6 Å². The zero-order valence-corrected chi connectivity index (χ0v) is 19.1. The second kappa shape index (κ2) is 10.7. The van der Waals surface area contributed by atoms with Crippen molar-refractivity contribution in [3.8, 4) is 6.07 Å². The first-order valence-corrected chi connectivity index (χ1v) is 11.0. The smallest absolute Gasteiger partial charge is 0.0995 e. The molecule has 0 atom stereocenters. The summed E-state index contributed by atoms with van der Waals surface area (Å²) in [5.74, 6) is 0. The van der Waals surface area contributed by atoms with Gasteiger partial charge in [0.25, 0.3) is 0 Å². The summed E-state index contributed by atoms with van der Waals surface area (Å²) >= 11 is 6.01. The van der Waals surface area contributed by atoms with Crippen LogP contribution in [0.3, 0.4) is 0 Å². The second-order valence-electron chi connectivity index (χ2n) is 8.27. The fourth-order valence-corrected chi connectivity index (χ4v) is 3.99. The van der Waals surface area contributed by atoms with Crippen molar-refractivity contribution in [2.45, 2.75) is 13.0 Å². The number of halogens is 1. The highest BCUT2D eigenvalue weighted by Crippen LogP contribution is 2.23. The van der Waals surface area contributed by atoms with Crippen LogP contribution in [-0.4, -0.2) is 70.2 Å². The van der Waals surface area contributed by atoms with Gasteiger partial charge in [-0.05, 0) is 75.1 Å². The molecule has 0 aliphatic carbocycles. The van der Waals surface area contributed by atoms with Gasteiger partial charge in [0.05, 0.1) is 11.6 Å². The molecule has 0 amide bonds. The molecule has 0 spiro atoms. The van der Waals surface area contributed by atoms with Crippen molar-refractivity contribution < 1.29 is 0 Å². The van der Waals surface area contributed by atoms with Gasteiger partial charge in [0.1, 0.15) is 0 Å². The van der Waals surface area contributed by atoms with Crippen molar-refractivity contribution in [1.82, 2.24) is 9.80 Å². The Labute approximate surface area is 186 Å². The van der Waals surface area contributed by atoms with Crippen LogP contribution in [0.2, 0.25) is 5.02 Å². The molecule has 6 heteroatoms. The minimum atomic E-state index is 0.771. The van der Waals surface area contributed by atoms with Crippen molar-refractivity contribution in [3.63, 3.8) is 0 Å². The quantitative estimate of drug-likeness (QED) is 0.640. The monoisotopic (exact) mass is 425 g/mol. The number of anilines is 2. The Morgan fingerprint density at radius 1 is 0.967 bits per heavy atom. The molecular formula is C24H32ClN5. The van der Waals surface area contributed by atoms with E-state index in [1.54, 1.807) is 0 Å². The van der Waals surface area contributed by atoms with Gasteiger partial charge in [0.15, 0.2) is 0 Å². The van der Waals surface area contributed by atoms with Gasteiger partial charge in [0, 0.05) is 62.7 Å². The van der Waals surface area contributed by atoms with Gasteiger partial charge < -0.3 is 14.7 Å². The summed E-state index contributed by atoms with van der Waals surface area (Å²) in [5.41, 5.74) is 4.30. The summed E-state index contributed by atoms with van der Waals surface area (Å²) in [4.78, 5) is 9.33. The van der Waals surface area contributed by atoms with Crippen LogP contribution in [0, 0.1) is 11.3 Å². The minimum absolute atomic E-state index is 0.771. The molecule has 3 rings (SSSR count). The van der Waals surface area contributed by atoms with Gasteiger partial charge in [-0.15, -0.1) is 0 Å². The van der Waals surface area contributed by atoms with Crippen LogP contribution in [-0.2, 0) is 6.54 Å². The Kier molecular flexibility index (Phi) is 7.98. The number of hydrogen-bond acceptors (Lipinski definition) is 5. The topological polar surface area (TPSA) is 36.8 Å². The summed E-state index contributed by atoms with van der Waals surface area (Å²) in [7, 11) is 6.34. The Hall–Kier alpha value is -2.26. The van der Waals surface area contributed by atoms with Crippen LogP contribution in [0.25, 0.3) is 0 Å². The molecule has 2 aromatic rings. The van der Waals surface area contributed by atoms with Crippen molar-refractivity contribution >= 4 is 23.0 Å². The lowest BCUT2D eigenvalue weighted by molar-refractivity contribution is 0.249. The Bertz CT molecular complexity index is 851. The van der Waals surface area contributed by atoms with E-state index >= 15 is 0 Å². The fourth-order valence-electron chi connectivity index (χ4n) is 3.87. The third kappa shape index (κ3) is 6.12. The van der Waals surface area contributed by atoms with Crippen molar-refractivity contribution in [1.29, 1.82) is 5.26 Å². The zero-order chi connectivity index (χ0) is 21.5. The standard InChI is InChI=1S/C24H32ClN5/c1-27(2)11-4-12-28(3)24-8-5-20(18-26)21(17-24)19-29-13-15-30(16-14-29)23-9-6-22(25)7-10-23/h5-10,17H,4,11-16,19H2,1-3H3. The predicted molar refractivity (Wildman–Crippen MR) is 127 cm³/mol. The van der Waals surface area contributed by atoms with Crippen LogP contribution in [0.1, 0.15) is 17.5 Å². The third-order valence-electron chi connectivity index (χ3n) is 5.71. The third-order valence-corrected chi connectivity index (χ3v) is 5.96. The van der Waals surface area contributed by atoms with E-state index in [1.807, 2.05) is 18.2 Å². The van der Waals surface area contributed by atoms with Gasteiger partial charge in [-0.25, -0.2) is 0 Å². The molecule has 30 heavy (non-hydrogen) atoms. The van der Waals surface area contributed by atoms with E-state index in [0.29, 0.717) is 0 Å². The molecule has 0 bridgehead atoms. The molecule has 1 saturated heterocycles. The summed E-state index contributed by atoms with van der Waals surface area (Å²) in [6.07, 6.45) is 1.12. The highest BCUT2D eigenvalue weighted by molar-refractivity contribution is 6.30.